The largest absolute Gasteiger partial charge is 0.252 e. The summed E-state index contributed by atoms with van der Waals surface area (Å²) in [4.78, 5) is 0. The van der Waals surface area contributed by atoms with Gasteiger partial charge in [0.05, 0.1) is 0 Å². The first kappa shape index (κ1) is 5.45. The third kappa shape index (κ3) is 1.10. The monoisotopic (exact) mass is 117 g/mol. The fraction of sp³-hybridized carbons (Fsp3) is 1.00. The molecule has 1 aliphatic rings. The zero-order valence-electron chi connectivity index (χ0n) is 4.85. The van der Waals surface area contributed by atoms with Crippen molar-refractivity contribution in [3.05, 3.63) is 0 Å². The van der Waals surface area contributed by atoms with Crippen molar-refractivity contribution < 1.29 is 0 Å². The van der Waals surface area contributed by atoms with Gasteiger partial charge in [0.1, 0.15) is 0 Å². The van der Waals surface area contributed by atoms with Crippen molar-refractivity contribution >= 4 is 11.9 Å². The molecule has 0 aliphatic carbocycles. The first-order valence-electron chi connectivity index (χ1n) is 2.71. The van der Waals surface area contributed by atoms with Crippen molar-refractivity contribution in [1.82, 2.24) is 4.31 Å². The highest BCUT2D eigenvalue weighted by Crippen LogP contribution is 2.28. The lowest BCUT2D eigenvalue weighted by Gasteiger charge is -2.33. The lowest BCUT2D eigenvalue weighted by atomic mass is 10.3. The van der Waals surface area contributed by atoms with E-state index in [4.69, 9.17) is 0 Å². The van der Waals surface area contributed by atoms with Crippen LogP contribution in [0.4, 0.5) is 0 Å². The summed E-state index contributed by atoms with van der Waals surface area (Å²) in [7, 11) is 2.14. The van der Waals surface area contributed by atoms with Crippen molar-refractivity contribution in [3.8, 4) is 0 Å². The topological polar surface area (TPSA) is 3.24 Å². The van der Waals surface area contributed by atoms with Gasteiger partial charge in [0.25, 0.3) is 0 Å². The molecule has 0 amide bonds. The average Bonchev–Trinajstić information content (AvgIpc) is 1.58. The fourth-order valence-corrected chi connectivity index (χ4v) is 1.69. The summed E-state index contributed by atoms with van der Waals surface area (Å²) >= 11 is 1.96. The van der Waals surface area contributed by atoms with Crippen LogP contribution >= 0.6 is 11.9 Å². The predicted molar refractivity (Wildman–Crippen MR) is 34.3 cm³/mol. The van der Waals surface area contributed by atoms with E-state index in [9.17, 15) is 0 Å². The summed E-state index contributed by atoms with van der Waals surface area (Å²) < 4.78 is 2.27. The molecular formula is C5H11NS. The molecule has 0 N–H and O–H groups in total. The summed E-state index contributed by atoms with van der Waals surface area (Å²) in [5.74, 6) is 0. The van der Waals surface area contributed by atoms with Gasteiger partial charge < -0.3 is 0 Å². The Morgan fingerprint density at radius 1 is 1.86 bits per heavy atom. The maximum Gasteiger partial charge on any atom is 0.0329 e. The summed E-state index contributed by atoms with van der Waals surface area (Å²) in [6.07, 6.45) is 1.33. The van der Waals surface area contributed by atoms with Gasteiger partial charge in [-0.25, -0.2) is 0 Å². The van der Waals surface area contributed by atoms with E-state index >= 15 is 0 Å². The van der Waals surface area contributed by atoms with Crippen LogP contribution in [0.2, 0.25) is 0 Å². The standard InChI is InChI=1S/C5H11NS/c1-3-5-4-6(2)7-5/h5H,3-4H2,1-2H3. The molecule has 0 radical (unpaired) electrons. The molecule has 1 heterocycles. The Labute approximate surface area is 49.2 Å². The second kappa shape index (κ2) is 2.05. The van der Waals surface area contributed by atoms with E-state index in [2.05, 4.69) is 18.3 Å². The summed E-state index contributed by atoms with van der Waals surface area (Å²) in [5.41, 5.74) is 0. The highest BCUT2D eigenvalue weighted by atomic mass is 32.2. The molecule has 0 aromatic rings. The first-order valence-corrected chi connectivity index (χ1v) is 3.54. The Kier molecular flexibility index (Phi) is 1.60. The van der Waals surface area contributed by atoms with Crippen LogP contribution in [-0.2, 0) is 0 Å². The minimum Gasteiger partial charge on any atom is -0.252 e. The molecule has 0 bridgehead atoms. The normalized spacial score (nSPS) is 32.6. The quantitative estimate of drug-likeness (QED) is 0.477. The molecular weight excluding hydrogens is 106 g/mol. The molecule has 1 aliphatic heterocycles. The van der Waals surface area contributed by atoms with Crippen LogP contribution < -0.4 is 0 Å². The molecule has 0 spiro atoms. The Morgan fingerprint density at radius 2 is 2.43 bits per heavy atom. The van der Waals surface area contributed by atoms with E-state index in [0.29, 0.717) is 0 Å². The molecule has 0 aromatic carbocycles. The first-order chi connectivity index (χ1) is 3.33. The van der Waals surface area contributed by atoms with Crippen LogP contribution in [0.1, 0.15) is 13.3 Å². The SMILES string of the molecule is CCC1CN(C)S1. The average molecular weight is 117 g/mol. The third-order valence-electron chi connectivity index (χ3n) is 1.25. The molecule has 2 heteroatoms. The lowest BCUT2D eigenvalue weighted by Crippen LogP contribution is -2.34. The molecule has 0 saturated carbocycles. The zero-order chi connectivity index (χ0) is 5.28. The van der Waals surface area contributed by atoms with Crippen molar-refractivity contribution in [2.24, 2.45) is 0 Å². The van der Waals surface area contributed by atoms with Gasteiger partial charge in [-0.05, 0) is 13.5 Å². The van der Waals surface area contributed by atoms with Gasteiger partial charge in [-0.1, -0.05) is 18.9 Å². The van der Waals surface area contributed by atoms with Crippen molar-refractivity contribution in [2.75, 3.05) is 13.6 Å². The van der Waals surface area contributed by atoms with Crippen LogP contribution in [0.15, 0.2) is 0 Å². The predicted octanol–water partition coefficient (Wildman–Crippen LogP) is 1.36. The maximum absolute atomic E-state index is 2.27. The smallest absolute Gasteiger partial charge is 0.0329 e. The van der Waals surface area contributed by atoms with E-state index in [1.54, 1.807) is 0 Å². The van der Waals surface area contributed by atoms with Gasteiger partial charge >= 0.3 is 0 Å². The Bertz CT molecular complexity index is 59.1. The van der Waals surface area contributed by atoms with E-state index in [-0.39, 0.29) is 0 Å². The van der Waals surface area contributed by atoms with Gasteiger partial charge in [-0.15, -0.1) is 0 Å². The Hall–Kier alpha value is 0.310. The Morgan fingerprint density at radius 3 is 2.57 bits per heavy atom. The van der Waals surface area contributed by atoms with E-state index in [0.717, 1.165) is 5.25 Å². The molecule has 1 nitrogen and oxygen atoms in total. The molecule has 0 aromatic heterocycles. The summed E-state index contributed by atoms with van der Waals surface area (Å²) in [6, 6.07) is 0. The number of hydrogen-bond acceptors (Lipinski definition) is 2. The Balaban J connectivity index is 2.06. The van der Waals surface area contributed by atoms with Crippen LogP contribution in [0, 0.1) is 0 Å². The minimum absolute atomic E-state index is 0.935. The number of hydrogen-bond donors (Lipinski definition) is 0. The summed E-state index contributed by atoms with van der Waals surface area (Å²) in [5, 5.41) is 0.935. The van der Waals surface area contributed by atoms with Gasteiger partial charge in [0.2, 0.25) is 0 Å². The fourth-order valence-electron chi connectivity index (χ4n) is 0.736. The highest BCUT2D eigenvalue weighted by molar-refractivity contribution is 7.98. The third-order valence-corrected chi connectivity index (χ3v) is 2.53. The lowest BCUT2D eigenvalue weighted by molar-refractivity contribution is 0.484. The highest BCUT2D eigenvalue weighted by Gasteiger charge is 2.21. The maximum atomic E-state index is 2.27. The van der Waals surface area contributed by atoms with Crippen molar-refractivity contribution in [1.29, 1.82) is 0 Å². The van der Waals surface area contributed by atoms with Gasteiger partial charge in [0, 0.05) is 11.8 Å². The van der Waals surface area contributed by atoms with Crippen LogP contribution in [0.3, 0.4) is 0 Å². The molecule has 1 fully saturated rings. The van der Waals surface area contributed by atoms with Crippen LogP contribution in [0.5, 0.6) is 0 Å². The number of rotatable bonds is 1. The number of nitrogens with zero attached hydrogens (tertiary/aromatic N) is 1. The van der Waals surface area contributed by atoms with Crippen molar-refractivity contribution in [3.63, 3.8) is 0 Å². The van der Waals surface area contributed by atoms with Crippen molar-refractivity contribution in [2.45, 2.75) is 18.6 Å². The molecule has 7 heavy (non-hydrogen) atoms. The van der Waals surface area contributed by atoms with Crippen LogP contribution in [-0.4, -0.2) is 23.1 Å². The van der Waals surface area contributed by atoms with Gasteiger partial charge in [-0.3, -0.25) is 4.31 Å². The minimum atomic E-state index is 0.935. The summed E-state index contributed by atoms with van der Waals surface area (Å²) in [6.45, 7) is 3.53. The molecule has 1 saturated heterocycles. The molecule has 42 valence electrons. The molecule has 1 unspecified atom stereocenters. The van der Waals surface area contributed by atoms with E-state index in [1.165, 1.54) is 13.0 Å². The molecule has 1 atom stereocenters. The second-order valence-electron chi connectivity index (χ2n) is 1.95. The van der Waals surface area contributed by atoms with Gasteiger partial charge in [0.15, 0.2) is 0 Å². The second-order valence-corrected chi connectivity index (χ2v) is 3.45. The van der Waals surface area contributed by atoms with Crippen LogP contribution in [0.25, 0.3) is 0 Å². The molecule has 1 rings (SSSR count). The zero-order valence-corrected chi connectivity index (χ0v) is 5.66. The van der Waals surface area contributed by atoms with E-state index < -0.39 is 0 Å². The van der Waals surface area contributed by atoms with E-state index in [1.807, 2.05) is 11.9 Å². The van der Waals surface area contributed by atoms with Gasteiger partial charge in [-0.2, -0.15) is 0 Å².